The number of hydrogen-bond acceptors (Lipinski definition) is 5. The van der Waals surface area contributed by atoms with Crippen LogP contribution in [0.2, 0.25) is 10.0 Å². The first-order valence-electron chi connectivity index (χ1n) is 9.85. The second-order valence-corrected chi connectivity index (χ2v) is 8.80. The molecular weight excluding hydrogens is 523 g/mol. The summed E-state index contributed by atoms with van der Waals surface area (Å²) in [6.45, 7) is 5.42. The fourth-order valence-corrected chi connectivity index (χ4v) is 4.11. The lowest BCUT2D eigenvalue weighted by molar-refractivity contribution is 0.267. The molecule has 0 saturated heterocycles. The van der Waals surface area contributed by atoms with E-state index in [1.54, 1.807) is 12.1 Å². The molecule has 0 saturated carbocycles. The molecule has 0 spiro atoms. The highest BCUT2D eigenvalue weighted by molar-refractivity contribution is 9.10. The van der Waals surface area contributed by atoms with Crippen molar-refractivity contribution in [1.29, 1.82) is 0 Å². The van der Waals surface area contributed by atoms with Gasteiger partial charge in [-0.05, 0) is 76.9 Å². The van der Waals surface area contributed by atoms with Crippen molar-refractivity contribution in [3.8, 4) is 11.5 Å². The Kier molecular flexibility index (Phi) is 8.66. The van der Waals surface area contributed by atoms with Gasteiger partial charge in [0.1, 0.15) is 6.61 Å². The number of aromatic nitrogens is 3. The Balaban J connectivity index is 1.77. The average Bonchev–Trinajstić information content (AvgIpc) is 3.08. The van der Waals surface area contributed by atoms with E-state index in [9.17, 15) is 0 Å². The zero-order valence-electron chi connectivity index (χ0n) is 17.2. The minimum Gasteiger partial charge on any atom is -0.490 e. The van der Waals surface area contributed by atoms with Gasteiger partial charge >= 0.3 is 0 Å². The minimum absolute atomic E-state index is 0.331. The van der Waals surface area contributed by atoms with Crippen LogP contribution in [0, 0.1) is 4.77 Å². The van der Waals surface area contributed by atoms with Crippen LogP contribution in [0.1, 0.15) is 37.2 Å². The standard InChI is InChI=1S/C21H23BrCl2N4O2S/c1-3-5-19-26-27-21(31)28(19)25-11-14-8-15(22)20(18(10-14)29-4-2)30-12-13-6-7-16(23)17(24)9-13/h6-10,25H,3-5,11-12H2,1-2H3,(H,27,31). The SMILES string of the molecule is CCCc1n[nH]c(=S)n1NCc1cc(Br)c(OCc2ccc(Cl)c(Cl)c2)c(OCC)c1. The van der Waals surface area contributed by atoms with Crippen molar-refractivity contribution in [3.05, 3.63) is 66.6 Å². The molecule has 2 aromatic carbocycles. The zero-order valence-corrected chi connectivity index (χ0v) is 21.1. The van der Waals surface area contributed by atoms with Gasteiger partial charge in [-0.25, -0.2) is 4.68 Å². The fourth-order valence-electron chi connectivity index (χ4n) is 2.97. The van der Waals surface area contributed by atoms with Gasteiger partial charge in [0.15, 0.2) is 17.3 Å². The first kappa shape index (κ1) is 23.9. The van der Waals surface area contributed by atoms with Crippen molar-refractivity contribution in [2.24, 2.45) is 0 Å². The van der Waals surface area contributed by atoms with Crippen molar-refractivity contribution < 1.29 is 9.47 Å². The molecule has 0 bridgehead atoms. The minimum atomic E-state index is 0.331. The molecule has 3 rings (SSSR count). The van der Waals surface area contributed by atoms with E-state index in [-0.39, 0.29) is 0 Å². The molecule has 0 aliphatic rings. The number of H-pyrrole nitrogens is 1. The third kappa shape index (κ3) is 6.16. The Morgan fingerprint density at radius 1 is 1.13 bits per heavy atom. The molecule has 0 aliphatic heterocycles. The Morgan fingerprint density at radius 2 is 1.94 bits per heavy atom. The van der Waals surface area contributed by atoms with Crippen molar-refractivity contribution in [3.63, 3.8) is 0 Å². The summed E-state index contributed by atoms with van der Waals surface area (Å²) in [5, 5.41) is 8.11. The molecule has 1 heterocycles. The molecule has 0 amide bonds. The number of hydrogen-bond donors (Lipinski definition) is 2. The molecule has 1 aromatic heterocycles. The molecule has 2 N–H and O–H groups in total. The molecule has 0 aliphatic carbocycles. The van der Waals surface area contributed by atoms with Crippen molar-refractivity contribution in [2.45, 2.75) is 39.8 Å². The highest BCUT2D eigenvalue weighted by atomic mass is 79.9. The summed E-state index contributed by atoms with van der Waals surface area (Å²) in [7, 11) is 0. The molecule has 0 radical (unpaired) electrons. The first-order chi connectivity index (χ1) is 14.9. The number of benzene rings is 2. The summed E-state index contributed by atoms with van der Waals surface area (Å²) in [5.74, 6) is 2.15. The monoisotopic (exact) mass is 544 g/mol. The van der Waals surface area contributed by atoms with E-state index in [2.05, 4.69) is 38.5 Å². The van der Waals surface area contributed by atoms with Crippen molar-refractivity contribution in [1.82, 2.24) is 14.9 Å². The van der Waals surface area contributed by atoms with E-state index >= 15 is 0 Å². The average molecular weight is 546 g/mol. The van der Waals surface area contributed by atoms with Crippen LogP contribution < -0.4 is 14.9 Å². The maximum atomic E-state index is 6.10. The molecule has 166 valence electrons. The van der Waals surface area contributed by atoms with Crippen LogP contribution >= 0.6 is 51.3 Å². The van der Waals surface area contributed by atoms with Gasteiger partial charge in [0.25, 0.3) is 0 Å². The summed E-state index contributed by atoms with van der Waals surface area (Å²) in [6.07, 6.45) is 1.81. The molecule has 31 heavy (non-hydrogen) atoms. The number of aromatic amines is 1. The van der Waals surface area contributed by atoms with Crippen LogP contribution in [-0.2, 0) is 19.6 Å². The maximum Gasteiger partial charge on any atom is 0.214 e. The molecule has 10 heteroatoms. The van der Waals surface area contributed by atoms with Gasteiger partial charge < -0.3 is 14.9 Å². The Labute approximate surface area is 205 Å². The van der Waals surface area contributed by atoms with Gasteiger partial charge in [-0.15, -0.1) is 0 Å². The summed E-state index contributed by atoms with van der Waals surface area (Å²) < 4.78 is 15.0. The zero-order chi connectivity index (χ0) is 22.4. The third-order valence-electron chi connectivity index (χ3n) is 4.39. The van der Waals surface area contributed by atoms with E-state index in [0.29, 0.717) is 46.1 Å². The van der Waals surface area contributed by atoms with E-state index in [0.717, 1.165) is 34.3 Å². The van der Waals surface area contributed by atoms with Gasteiger partial charge in [-0.3, -0.25) is 5.10 Å². The Hall–Kier alpha value is -1.74. The summed E-state index contributed by atoms with van der Waals surface area (Å²) in [4.78, 5) is 0. The fraction of sp³-hybridized carbons (Fsp3) is 0.333. The van der Waals surface area contributed by atoms with E-state index < -0.39 is 0 Å². The number of aryl methyl sites for hydroxylation is 1. The van der Waals surface area contributed by atoms with Crippen LogP contribution in [0.15, 0.2) is 34.8 Å². The number of rotatable bonds is 10. The lowest BCUT2D eigenvalue weighted by Gasteiger charge is -2.17. The molecule has 0 fully saturated rings. The molecule has 0 unspecified atom stereocenters. The quantitative estimate of drug-likeness (QED) is 0.278. The van der Waals surface area contributed by atoms with E-state index in [1.165, 1.54) is 0 Å². The van der Waals surface area contributed by atoms with Crippen LogP contribution in [0.5, 0.6) is 11.5 Å². The maximum absolute atomic E-state index is 6.10. The van der Waals surface area contributed by atoms with Crippen molar-refractivity contribution in [2.75, 3.05) is 12.0 Å². The third-order valence-corrected chi connectivity index (χ3v) is 5.99. The lowest BCUT2D eigenvalue weighted by Crippen LogP contribution is -2.17. The van der Waals surface area contributed by atoms with Crippen LogP contribution in [-0.4, -0.2) is 21.5 Å². The number of ether oxygens (including phenoxy) is 2. The lowest BCUT2D eigenvalue weighted by atomic mass is 10.2. The molecule has 6 nitrogen and oxygen atoms in total. The van der Waals surface area contributed by atoms with Gasteiger partial charge in [0, 0.05) is 6.42 Å². The van der Waals surface area contributed by atoms with Crippen LogP contribution in [0.4, 0.5) is 0 Å². The van der Waals surface area contributed by atoms with Crippen LogP contribution in [0.3, 0.4) is 0 Å². The first-order valence-corrected chi connectivity index (χ1v) is 11.8. The highest BCUT2D eigenvalue weighted by Gasteiger charge is 2.14. The van der Waals surface area contributed by atoms with Gasteiger partial charge in [0.2, 0.25) is 4.77 Å². The van der Waals surface area contributed by atoms with Crippen LogP contribution in [0.25, 0.3) is 0 Å². The predicted octanol–water partition coefficient (Wildman–Crippen LogP) is 6.68. The van der Waals surface area contributed by atoms with Gasteiger partial charge in [-0.2, -0.15) is 5.10 Å². The summed E-state index contributed by atoms with van der Waals surface area (Å²) >= 11 is 21.0. The largest absolute Gasteiger partial charge is 0.490 e. The Morgan fingerprint density at radius 3 is 2.65 bits per heavy atom. The van der Waals surface area contributed by atoms with E-state index in [1.807, 2.05) is 29.8 Å². The normalized spacial score (nSPS) is 10.9. The topological polar surface area (TPSA) is 64.1 Å². The predicted molar refractivity (Wildman–Crippen MR) is 131 cm³/mol. The Bertz CT molecular complexity index is 1100. The van der Waals surface area contributed by atoms with Crippen molar-refractivity contribution >= 4 is 51.3 Å². The van der Waals surface area contributed by atoms with Gasteiger partial charge in [0.05, 0.1) is 27.7 Å². The number of nitrogens with one attached hydrogen (secondary N) is 2. The molecule has 3 aromatic rings. The highest BCUT2D eigenvalue weighted by Crippen LogP contribution is 2.38. The number of nitrogens with zero attached hydrogens (tertiary/aromatic N) is 2. The smallest absolute Gasteiger partial charge is 0.214 e. The second-order valence-electron chi connectivity index (χ2n) is 6.74. The summed E-state index contributed by atoms with van der Waals surface area (Å²) in [5.41, 5.74) is 5.23. The van der Waals surface area contributed by atoms with E-state index in [4.69, 9.17) is 44.9 Å². The second kappa shape index (κ2) is 11.2. The summed E-state index contributed by atoms with van der Waals surface area (Å²) in [6, 6.07) is 9.36. The molecular formula is C21H23BrCl2N4O2S. The van der Waals surface area contributed by atoms with Gasteiger partial charge in [-0.1, -0.05) is 36.2 Å². The number of halogens is 3. The molecule has 0 atom stereocenters.